The van der Waals surface area contributed by atoms with Crippen LogP contribution in [0, 0.1) is 61.9 Å². The molecule has 76 heavy (non-hydrogen) atoms. The number of aromatic hydroxyl groups is 2. The zero-order valence-electron chi connectivity index (χ0n) is 40.1. The SMILES string of the molecule is Cc1cc(C(C#N)c2ccc(Cl)cc2)c(Cl)cc1-c1cc(C(N)=O)c(O)c(-c2cc(Cl)c(C(C#N)c3ccc(Cl)cc3)cc2C)c1.Cc1cc(C(C#N)c2ccc(Cl)cc2)c(Cl)cc1NC(=O)c1cc(I)cc(I)c1O. The summed E-state index contributed by atoms with van der Waals surface area (Å²) in [5.41, 5.74) is 14.8. The first-order valence-corrected chi connectivity index (χ1v) is 27.1. The van der Waals surface area contributed by atoms with Crippen LogP contribution in [0.15, 0.2) is 133 Å². The first-order valence-electron chi connectivity index (χ1n) is 22.7. The average Bonchev–Trinajstić information content (AvgIpc) is 3.38. The predicted molar refractivity (Wildman–Crippen MR) is 321 cm³/mol. The van der Waals surface area contributed by atoms with Gasteiger partial charge in [0.25, 0.3) is 11.8 Å². The molecule has 3 unspecified atom stereocenters. The Kier molecular flexibility index (Phi) is 18.9. The summed E-state index contributed by atoms with van der Waals surface area (Å²) >= 11 is 42.2. The highest BCUT2D eigenvalue weighted by Crippen LogP contribution is 2.44. The maximum Gasteiger partial charge on any atom is 0.259 e. The summed E-state index contributed by atoms with van der Waals surface area (Å²) in [6.45, 7) is 5.53. The maximum atomic E-state index is 12.7. The Labute approximate surface area is 496 Å². The lowest BCUT2D eigenvalue weighted by atomic mass is 9.86. The van der Waals surface area contributed by atoms with Crippen LogP contribution >= 0.6 is 115 Å². The molecule has 17 heteroatoms. The van der Waals surface area contributed by atoms with Crippen LogP contribution in [0.2, 0.25) is 30.1 Å². The molecule has 0 radical (unpaired) electrons. The number of nitriles is 3. The number of anilines is 1. The van der Waals surface area contributed by atoms with Crippen LogP contribution in [-0.4, -0.2) is 22.0 Å². The van der Waals surface area contributed by atoms with Gasteiger partial charge in [0.1, 0.15) is 11.5 Å². The number of hydrogen-bond donors (Lipinski definition) is 4. The van der Waals surface area contributed by atoms with Crippen LogP contribution in [0.25, 0.3) is 22.3 Å². The molecule has 0 aromatic heterocycles. The number of nitrogens with zero attached hydrogens (tertiary/aromatic N) is 3. The van der Waals surface area contributed by atoms with E-state index in [0.717, 1.165) is 31.4 Å². The molecule has 0 saturated carbocycles. The quantitative estimate of drug-likeness (QED) is 0.0929. The molecular weight excluding hydrogens is 1310 g/mol. The van der Waals surface area contributed by atoms with Crippen molar-refractivity contribution in [3.63, 3.8) is 0 Å². The van der Waals surface area contributed by atoms with Crippen molar-refractivity contribution in [1.82, 2.24) is 0 Å². The summed E-state index contributed by atoms with van der Waals surface area (Å²) in [6.07, 6.45) is 0. The van der Waals surface area contributed by atoms with Gasteiger partial charge >= 0.3 is 0 Å². The lowest BCUT2D eigenvalue weighted by molar-refractivity contribution is 0.0995. The zero-order valence-corrected chi connectivity index (χ0v) is 48.9. The summed E-state index contributed by atoms with van der Waals surface area (Å²) in [6, 6.07) is 45.0. The second kappa shape index (κ2) is 25.0. The number of hydrogen-bond acceptors (Lipinski definition) is 7. The number of nitrogens with two attached hydrogens (primary N) is 1. The number of phenols is 2. The first kappa shape index (κ1) is 57.7. The number of carbonyl (C=O) groups excluding carboxylic acids is 2. The molecule has 0 heterocycles. The second-order valence-electron chi connectivity index (χ2n) is 17.4. The van der Waals surface area contributed by atoms with E-state index in [4.69, 9.17) is 75.3 Å². The van der Waals surface area contributed by atoms with E-state index in [1.54, 1.807) is 121 Å². The van der Waals surface area contributed by atoms with Crippen molar-refractivity contribution in [3.8, 4) is 52.0 Å². The minimum Gasteiger partial charge on any atom is -0.506 e. The average molecular weight is 1350 g/mol. The van der Waals surface area contributed by atoms with Crippen molar-refractivity contribution in [2.75, 3.05) is 5.32 Å². The molecule has 2 amide bonds. The number of nitrogens with one attached hydrogen (secondary N) is 1. The molecule has 5 N–H and O–H groups in total. The van der Waals surface area contributed by atoms with E-state index in [2.05, 4.69) is 46.1 Å². The predicted octanol–water partition coefficient (Wildman–Crippen LogP) is 17.5. The number of benzene rings is 8. The fourth-order valence-corrected chi connectivity index (χ4v) is 11.6. The van der Waals surface area contributed by atoms with Crippen molar-refractivity contribution in [2.45, 2.75) is 38.5 Å². The van der Waals surface area contributed by atoms with E-state index in [9.17, 15) is 35.6 Å². The molecule has 8 aromatic rings. The minimum absolute atomic E-state index is 0.0684. The third kappa shape index (κ3) is 12.9. The maximum absolute atomic E-state index is 12.7. The zero-order chi connectivity index (χ0) is 55.3. The van der Waals surface area contributed by atoms with Crippen molar-refractivity contribution in [3.05, 3.63) is 232 Å². The van der Waals surface area contributed by atoms with Crippen LogP contribution in [0.3, 0.4) is 0 Å². The Morgan fingerprint density at radius 2 is 0.921 bits per heavy atom. The van der Waals surface area contributed by atoms with E-state index in [0.29, 0.717) is 83.9 Å². The highest BCUT2D eigenvalue weighted by atomic mass is 127. The summed E-state index contributed by atoms with van der Waals surface area (Å²) in [5, 5.41) is 56.8. The number of rotatable bonds is 11. The van der Waals surface area contributed by atoms with Gasteiger partial charge in [-0.15, -0.1) is 0 Å². The van der Waals surface area contributed by atoms with Crippen LogP contribution in [-0.2, 0) is 0 Å². The van der Waals surface area contributed by atoms with Gasteiger partial charge < -0.3 is 21.3 Å². The number of phenolic OH excluding ortho intramolecular Hbond substituents is 1. The van der Waals surface area contributed by atoms with E-state index >= 15 is 0 Å². The fraction of sp³-hybridized carbons (Fsp3) is 0.102. The Balaban J connectivity index is 0.000000242. The van der Waals surface area contributed by atoms with Crippen molar-refractivity contribution in [1.29, 1.82) is 15.8 Å². The van der Waals surface area contributed by atoms with Gasteiger partial charge in [0, 0.05) is 45.0 Å². The van der Waals surface area contributed by atoms with E-state index < -0.39 is 29.6 Å². The molecular formula is C59H39Cl6I2N5O4. The van der Waals surface area contributed by atoms with Gasteiger partial charge in [-0.3, -0.25) is 9.59 Å². The summed E-state index contributed by atoms with van der Waals surface area (Å²) in [5.74, 6) is -3.49. The summed E-state index contributed by atoms with van der Waals surface area (Å²) in [7, 11) is 0. The first-order chi connectivity index (χ1) is 36.1. The van der Waals surface area contributed by atoms with Crippen LogP contribution in [0.1, 0.15) is 88.5 Å². The number of primary amides is 1. The molecule has 0 bridgehead atoms. The normalized spacial score (nSPS) is 11.9. The molecule has 380 valence electrons. The minimum atomic E-state index is -0.819. The van der Waals surface area contributed by atoms with Crippen molar-refractivity contribution in [2.24, 2.45) is 5.73 Å². The molecule has 3 atom stereocenters. The van der Waals surface area contributed by atoms with E-state index in [1.165, 1.54) is 6.07 Å². The number of amides is 2. The smallest absolute Gasteiger partial charge is 0.259 e. The van der Waals surface area contributed by atoms with Gasteiger partial charge in [-0.1, -0.05) is 124 Å². The van der Waals surface area contributed by atoms with Crippen molar-refractivity contribution < 1.29 is 19.8 Å². The van der Waals surface area contributed by atoms with Crippen LogP contribution < -0.4 is 11.1 Å². The van der Waals surface area contributed by atoms with Gasteiger partial charge in [0.2, 0.25) is 0 Å². The Morgan fingerprint density at radius 3 is 1.36 bits per heavy atom. The lowest BCUT2D eigenvalue weighted by Crippen LogP contribution is -2.14. The molecule has 0 fully saturated rings. The van der Waals surface area contributed by atoms with Crippen LogP contribution in [0.5, 0.6) is 11.5 Å². The van der Waals surface area contributed by atoms with Gasteiger partial charge in [-0.25, -0.2) is 0 Å². The molecule has 0 aliphatic carbocycles. The lowest BCUT2D eigenvalue weighted by Gasteiger charge is -2.19. The van der Waals surface area contributed by atoms with Gasteiger partial charge in [-0.2, -0.15) is 15.8 Å². The molecule has 0 saturated heterocycles. The standard InChI is InChI=1S/C37H25Cl4N3O2.C22H14Cl2I2N2O2/c1-19-11-28(32(17-42)21-3-7-24(38)8-4-21)34(40)15-26(19)23-13-30(36(45)31(14-23)37(44)46)27-16-35(41)29(12-20(27)2)33(18-43)22-5-9-25(39)10-6-22;1-11-6-15(17(10-27)12-2-4-13(23)5-3-12)18(24)9-20(11)28-22(30)16-7-14(25)8-19(26)21(16)29/h3-16,32-33,45H,1-2H3,(H2,44,46);2-9,17,29H,1H3,(H,28,30). The van der Waals surface area contributed by atoms with Gasteiger partial charge in [0.05, 0.1) is 50.7 Å². The Bertz CT molecular complexity index is 3730. The number of carbonyl (C=O) groups is 2. The fourth-order valence-electron chi connectivity index (χ4n) is 8.56. The number of aryl methyl sites for hydroxylation is 3. The molecule has 8 rings (SSSR count). The molecule has 0 aliphatic heterocycles. The topological polar surface area (TPSA) is 184 Å². The molecule has 0 spiro atoms. The Morgan fingerprint density at radius 1 is 0.513 bits per heavy atom. The summed E-state index contributed by atoms with van der Waals surface area (Å²) < 4.78 is 1.43. The van der Waals surface area contributed by atoms with Gasteiger partial charge in [0.15, 0.2) is 0 Å². The Hall–Kier alpha value is -6.03. The van der Waals surface area contributed by atoms with Gasteiger partial charge in [-0.05, 0) is 212 Å². The largest absolute Gasteiger partial charge is 0.506 e. The highest BCUT2D eigenvalue weighted by molar-refractivity contribution is 14.1. The van der Waals surface area contributed by atoms with E-state index in [1.807, 2.05) is 49.4 Å². The summed E-state index contributed by atoms with van der Waals surface area (Å²) in [4.78, 5) is 25.3. The highest BCUT2D eigenvalue weighted by Gasteiger charge is 2.25. The molecule has 9 nitrogen and oxygen atoms in total. The molecule has 0 aliphatic rings. The third-order valence-electron chi connectivity index (χ3n) is 12.5. The van der Waals surface area contributed by atoms with Crippen LogP contribution in [0.4, 0.5) is 5.69 Å². The number of halogens is 8. The monoisotopic (exact) mass is 1340 g/mol. The van der Waals surface area contributed by atoms with Crippen molar-refractivity contribution >= 4 is 132 Å². The third-order valence-corrected chi connectivity index (χ3v) is 15.6. The molecule has 8 aromatic carbocycles. The second-order valence-corrected chi connectivity index (χ2v) is 22.4. The van der Waals surface area contributed by atoms with E-state index in [-0.39, 0.29) is 22.6 Å².